The van der Waals surface area contributed by atoms with Gasteiger partial charge in [0, 0.05) is 37.2 Å². The highest BCUT2D eigenvalue weighted by Gasteiger charge is 2.26. The Kier molecular flexibility index (Phi) is 2.66. The summed E-state index contributed by atoms with van der Waals surface area (Å²) in [4.78, 5) is 2.13. The molecular weight excluding hydrogens is 220 g/mol. The van der Waals surface area contributed by atoms with Crippen LogP contribution in [-0.2, 0) is 0 Å². The lowest BCUT2D eigenvalue weighted by Gasteiger charge is -2.14. The molecule has 94 valence electrons. The molecule has 0 unspecified atom stereocenters. The molecule has 1 aliphatic rings. The zero-order chi connectivity index (χ0) is 12.7. The second-order valence-corrected chi connectivity index (χ2v) is 5.40. The molecule has 1 saturated carbocycles. The van der Waals surface area contributed by atoms with Crippen molar-refractivity contribution < 1.29 is 0 Å². The highest BCUT2D eigenvalue weighted by Crippen LogP contribution is 2.40. The summed E-state index contributed by atoms with van der Waals surface area (Å²) in [5.41, 5.74) is 5.31. The van der Waals surface area contributed by atoms with Crippen LogP contribution in [0.5, 0.6) is 0 Å². The predicted molar refractivity (Wildman–Crippen MR) is 77.2 cm³/mol. The number of rotatable bonds is 3. The number of hydrogen-bond acceptors (Lipinski definition) is 1. The summed E-state index contributed by atoms with van der Waals surface area (Å²) >= 11 is 0. The molecule has 1 aromatic heterocycles. The van der Waals surface area contributed by atoms with Crippen LogP contribution in [0, 0.1) is 6.92 Å². The van der Waals surface area contributed by atoms with Crippen LogP contribution < -0.4 is 4.90 Å². The Morgan fingerprint density at radius 1 is 1.00 bits per heavy atom. The molecular formula is C16H20N2. The molecule has 0 N–H and O–H groups in total. The van der Waals surface area contributed by atoms with Crippen LogP contribution >= 0.6 is 0 Å². The van der Waals surface area contributed by atoms with Crippen LogP contribution in [0.15, 0.2) is 36.4 Å². The minimum absolute atomic E-state index is 0.739. The number of benzene rings is 1. The van der Waals surface area contributed by atoms with Gasteiger partial charge in [-0.05, 0) is 49.6 Å². The van der Waals surface area contributed by atoms with Crippen molar-refractivity contribution in [3.63, 3.8) is 0 Å². The van der Waals surface area contributed by atoms with E-state index in [1.807, 2.05) is 0 Å². The summed E-state index contributed by atoms with van der Waals surface area (Å²) in [6.07, 6.45) is 2.66. The van der Waals surface area contributed by atoms with Crippen LogP contribution in [0.2, 0.25) is 0 Å². The summed E-state index contributed by atoms with van der Waals surface area (Å²) in [5, 5.41) is 0. The zero-order valence-electron chi connectivity index (χ0n) is 11.4. The van der Waals surface area contributed by atoms with Crippen molar-refractivity contribution in [1.29, 1.82) is 0 Å². The van der Waals surface area contributed by atoms with Gasteiger partial charge in [0.15, 0.2) is 0 Å². The molecule has 0 bridgehead atoms. The Morgan fingerprint density at radius 3 is 2.22 bits per heavy atom. The SMILES string of the molecule is Cc1ccc(-c2ccc(N(C)C)cc2)n1C1CC1. The van der Waals surface area contributed by atoms with Gasteiger partial charge in [-0.15, -0.1) is 0 Å². The second kappa shape index (κ2) is 4.20. The van der Waals surface area contributed by atoms with E-state index in [1.165, 1.54) is 35.5 Å². The van der Waals surface area contributed by atoms with Crippen molar-refractivity contribution in [3.8, 4) is 11.3 Å². The minimum atomic E-state index is 0.739. The third-order valence-electron chi connectivity index (χ3n) is 3.71. The molecule has 3 rings (SSSR count). The minimum Gasteiger partial charge on any atom is -0.378 e. The molecule has 18 heavy (non-hydrogen) atoms. The van der Waals surface area contributed by atoms with Gasteiger partial charge in [-0.1, -0.05) is 12.1 Å². The van der Waals surface area contributed by atoms with Crippen molar-refractivity contribution in [1.82, 2.24) is 4.57 Å². The second-order valence-electron chi connectivity index (χ2n) is 5.40. The van der Waals surface area contributed by atoms with E-state index in [9.17, 15) is 0 Å². The normalized spacial score (nSPS) is 14.8. The van der Waals surface area contributed by atoms with Crippen LogP contribution in [0.4, 0.5) is 5.69 Å². The molecule has 0 atom stereocenters. The Hall–Kier alpha value is -1.70. The van der Waals surface area contributed by atoms with E-state index in [2.05, 4.69) is 66.9 Å². The van der Waals surface area contributed by atoms with E-state index in [-0.39, 0.29) is 0 Å². The highest BCUT2D eigenvalue weighted by molar-refractivity contribution is 5.64. The van der Waals surface area contributed by atoms with E-state index in [4.69, 9.17) is 0 Å². The third-order valence-corrected chi connectivity index (χ3v) is 3.71. The maximum absolute atomic E-state index is 2.49. The number of aryl methyl sites for hydroxylation is 1. The Labute approximate surface area is 109 Å². The van der Waals surface area contributed by atoms with E-state index in [0.717, 1.165) is 6.04 Å². The van der Waals surface area contributed by atoms with E-state index in [1.54, 1.807) is 0 Å². The summed E-state index contributed by atoms with van der Waals surface area (Å²) < 4.78 is 2.49. The molecule has 1 heterocycles. The average Bonchev–Trinajstić information content (AvgIpc) is 3.13. The van der Waals surface area contributed by atoms with Gasteiger partial charge in [0.25, 0.3) is 0 Å². The van der Waals surface area contributed by atoms with Crippen molar-refractivity contribution in [2.45, 2.75) is 25.8 Å². The first kappa shape index (κ1) is 11.4. The summed E-state index contributed by atoms with van der Waals surface area (Å²) in [7, 11) is 4.15. The average molecular weight is 240 g/mol. The summed E-state index contributed by atoms with van der Waals surface area (Å²) in [6, 6.07) is 14.0. The highest BCUT2D eigenvalue weighted by atomic mass is 15.1. The number of aromatic nitrogens is 1. The topological polar surface area (TPSA) is 8.17 Å². The molecule has 0 radical (unpaired) electrons. The van der Waals surface area contributed by atoms with Crippen molar-refractivity contribution in [2.75, 3.05) is 19.0 Å². The number of nitrogens with zero attached hydrogens (tertiary/aromatic N) is 2. The quantitative estimate of drug-likeness (QED) is 0.790. The predicted octanol–water partition coefficient (Wildman–Crippen LogP) is 3.86. The molecule has 0 saturated heterocycles. The maximum atomic E-state index is 2.49. The largest absolute Gasteiger partial charge is 0.378 e. The molecule has 0 amide bonds. The number of anilines is 1. The Morgan fingerprint density at radius 2 is 1.67 bits per heavy atom. The van der Waals surface area contributed by atoms with Gasteiger partial charge < -0.3 is 9.47 Å². The maximum Gasteiger partial charge on any atom is 0.0485 e. The van der Waals surface area contributed by atoms with Crippen molar-refractivity contribution in [3.05, 3.63) is 42.1 Å². The molecule has 2 heteroatoms. The fourth-order valence-electron chi connectivity index (χ4n) is 2.53. The Balaban J connectivity index is 1.99. The fourth-order valence-corrected chi connectivity index (χ4v) is 2.53. The first-order valence-electron chi connectivity index (χ1n) is 6.62. The van der Waals surface area contributed by atoms with Gasteiger partial charge in [-0.25, -0.2) is 0 Å². The molecule has 1 aromatic carbocycles. The van der Waals surface area contributed by atoms with Gasteiger partial charge in [0.1, 0.15) is 0 Å². The summed E-state index contributed by atoms with van der Waals surface area (Å²) in [6.45, 7) is 2.20. The first-order chi connectivity index (χ1) is 8.66. The van der Waals surface area contributed by atoms with Crippen molar-refractivity contribution >= 4 is 5.69 Å². The molecule has 2 aromatic rings. The molecule has 0 spiro atoms. The van der Waals surface area contributed by atoms with E-state index < -0.39 is 0 Å². The van der Waals surface area contributed by atoms with Crippen molar-refractivity contribution in [2.24, 2.45) is 0 Å². The van der Waals surface area contributed by atoms with Gasteiger partial charge in [0.05, 0.1) is 0 Å². The van der Waals surface area contributed by atoms with Gasteiger partial charge in [-0.3, -0.25) is 0 Å². The number of hydrogen-bond donors (Lipinski definition) is 0. The Bertz CT molecular complexity index is 545. The standard InChI is InChI=1S/C16H20N2/c1-12-4-11-16(18(12)15-9-10-15)13-5-7-14(8-6-13)17(2)3/h4-8,11,15H,9-10H2,1-3H3. The van der Waals surface area contributed by atoms with Crippen LogP contribution in [0.1, 0.15) is 24.6 Å². The van der Waals surface area contributed by atoms with Gasteiger partial charge in [-0.2, -0.15) is 0 Å². The van der Waals surface area contributed by atoms with Crippen LogP contribution in [-0.4, -0.2) is 18.7 Å². The fraction of sp³-hybridized carbons (Fsp3) is 0.375. The van der Waals surface area contributed by atoms with E-state index in [0.29, 0.717) is 0 Å². The third kappa shape index (κ3) is 1.92. The lowest BCUT2D eigenvalue weighted by molar-refractivity contribution is 0.730. The zero-order valence-corrected chi connectivity index (χ0v) is 11.4. The van der Waals surface area contributed by atoms with Gasteiger partial charge in [0.2, 0.25) is 0 Å². The molecule has 1 aliphatic carbocycles. The molecule has 0 aliphatic heterocycles. The first-order valence-corrected chi connectivity index (χ1v) is 6.62. The van der Waals surface area contributed by atoms with E-state index >= 15 is 0 Å². The van der Waals surface area contributed by atoms with Gasteiger partial charge >= 0.3 is 0 Å². The molecule has 2 nitrogen and oxygen atoms in total. The van der Waals surface area contributed by atoms with Crippen LogP contribution in [0.3, 0.4) is 0 Å². The lowest BCUT2D eigenvalue weighted by Crippen LogP contribution is -2.08. The smallest absolute Gasteiger partial charge is 0.0485 e. The lowest BCUT2D eigenvalue weighted by atomic mass is 10.1. The monoisotopic (exact) mass is 240 g/mol. The van der Waals surface area contributed by atoms with Crippen LogP contribution in [0.25, 0.3) is 11.3 Å². The summed E-state index contributed by atoms with van der Waals surface area (Å²) in [5.74, 6) is 0. The molecule has 1 fully saturated rings.